The average Bonchev–Trinajstić information content (AvgIpc) is 2.24. The molecule has 0 aliphatic carbocycles. The van der Waals surface area contributed by atoms with Gasteiger partial charge in [-0.25, -0.2) is 0 Å². The summed E-state index contributed by atoms with van der Waals surface area (Å²) in [7, 11) is 0. The van der Waals surface area contributed by atoms with Crippen molar-refractivity contribution >= 4 is 0 Å². The molecule has 1 rings (SSSR count). The summed E-state index contributed by atoms with van der Waals surface area (Å²) in [5.74, 6) is -0.127. The summed E-state index contributed by atoms with van der Waals surface area (Å²) in [6.07, 6.45) is -4.36. The molecule has 4 nitrogen and oxygen atoms in total. The Morgan fingerprint density at radius 2 is 2.06 bits per heavy atom. The molecule has 7 heteroatoms. The van der Waals surface area contributed by atoms with Crippen LogP contribution in [0.4, 0.5) is 13.2 Å². The number of nitrogens with zero attached hydrogens (tertiary/aromatic N) is 2. The van der Waals surface area contributed by atoms with Gasteiger partial charge in [0, 0.05) is 12.6 Å². The van der Waals surface area contributed by atoms with Gasteiger partial charge < -0.3 is 10.1 Å². The third-order valence-electron chi connectivity index (χ3n) is 1.64. The van der Waals surface area contributed by atoms with E-state index in [0.29, 0.717) is 12.2 Å². The van der Waals surface area contributed by atoms with Crippen LogP contribution in [0.25, 0.3) is 0 Å². The molecule has 0 spiro atoms. The van der Waals surface area contributed by atoms with E-state index < -0.39 is 12.8 Å². The Bertz CT molecular complexity index is 313. The normalized spacial score (nSPS) is 11.5. The fourth-order valence-corrected chi connectivity index (χ4v) is 0.928. The van der Waals surface area contributed by atoms with Crippen molar-refractivity contribution in [1.82, 2.24) is 15.5 Å². The minimum atomic E-state index is -4.36. The molecular weight excluding hydrogens is 223 g/mol. The van der Waals surface area contributed by atoms with Gasteiger partial charge in [-0.15, -0.1) is 5.10 Å². The second kappa shape index (κ2) is 5.64. The van der Waals surface area contributed by atoms with Gasteiger partial charge >= 0.3 is 6.18 Å². The molecule has 0 atom stereocenters. The number of ether oxygens (including phenoxy) is 1. The first-order valence-corrected chi connectivity index (χ1v) is 4.74. The van der Waals surface area contributed by atoms with E-state index in [1.165, 1.54) is 6.07 Å². The number of nitrogens with one attached hydrogen (secondary N) is 1. The Hall–Kier alpha value is -1.37. The standard InChI is InChI=1S/C9H12F3N3O/c1-2-13-5-7-3-4-8(15-14-7)16-6-9(10,11)12/h3-4,13H,2,5-6H2,1H3. The molecule has 16 heavy (non-hydrogen) atoms. The zero-order valence-corrected chi connectivity index (χ0v) is 8.71. The Balaban J connectivity index is 2.45. The van der Waals surface area contributed by atoms with E-state index in [-0.39, 0.29) is 5.88 Å². The van der Waals surface area contributed by atoms with E-state index in [2.05, 4.69) is 20.3 Å². The molecule has 1 N–H and O–H groups in total. The average molecular weight is 235 g/mol. The van der Waals surface area contributed by atoms with Gasteiger partial charge in [0.1, 0.15) is 0 Å². The van der Waals surface area contributed by atoms with Crippen molar-refractivity contribution in [3.63, 3.8) is 0 Å². The molecule has 0 unspecified atom stereocenters. The topological polar surface area (TPSA) is 47.0 Å². The molecule has 0 saturated carbocycles. The van der Waals surface area contributed by atoms with Crippen LogP contribution in [-0.2, 0) is 6.54 Å². The van der Waals surface area contributed by atoms with Crippen molar-refractivity contribution in [2.45, 2.75) is 19.6 Å². The molecule has 0 saturated heterocycles. The van der Waals surface area contributed by atoms with Gasteiger partial charge in [0.05, 0.1) is 5.69 Å². The predicted molar refractivity (Wildman–Crippen MR) is 51.0 cm³/mol. The Kier molecular flexibility index (Phi) is 4.48. The lowest BCUT2D eigenvalue weighted by atomic mass is 10.4. The highest BCUT2D eigenvalue weighted by Gasteiger charge is 2.28. The van der Waals surface area contributed by atoms with Gasteiger partial charge in [0.2, 0.25) is 5.88 Å². The maximum atomic E-state index is 11.8. The highest BCUT2D eigenvalue weighted by Crippen LogP contribution is 2.16. The smallest absolute Gasteiger partial charge is 0.422 e. The zero-order valence-electron chi connectivity index (χ0n) is 8.71. The summed E-state index contributed by atoms with van der Waals surface area (Å²) in [6.45, 7) is 1.90. The molecule has 1 heterocycles. The summed E-state index contributed by atoms with van der Waals surface area (Å²) < 4.78 is 39.8. The van der Waals surface area contributed by atoms with Crippen LogP contribution >= 0.6 is 0 Å². The summed E-state index contributed by atoms with van der Waals surface area (Å²) in [5.41, 5.74) is 0.654. The van der Waals surface area contributed by atoms with Crippen LogP contribution in [0.3, 0.4) is 0 Å². The molecule has 0 amide bonds. The van der Waals surface area contributed by atoms with Crippen LogP contribution in [0, 0.1) is 0 Å². The maximum absolute atomic E-state index is 11.8. The Morgan fingerprint density at radius 3 is 2.56 bits per heavy atom. The summed E-state index contributed by atoms with van der Waals surface area (Å²) in [6, 6.07) is 2.94. The van der Waals surface area contributed by atoms with Crippen LogP contribution in [0.1, 0.15) is 12.6 Å². The molecule has 0 fully saturated rings. The van der Waals surface area contributed by atoms with Crippen LogP contribution < -0.4 is 10.1 Å². The molecule has 0 aliphatic heterocycles. The molecule has 1 aromatic rings. The van der Waals surface area contributed by atoms with E-state index >= 15 is 0 Å². The van der Waals surface area contributed by atoms with Crippen LogP contribution in [-0.4, -0.2) is 29.5 Å². The summed E-state index contributed by atoms with van der Waals surface area (Å²) in [5, 5.41) is 10.3. The van der Waals surface area contributed by atoms with E-state index in [1.807, 2.05) is 6.92 Å². The van der Waals surface area contributed by atoms with Crippen molar-refractivity contribution in [2.24, 2.45) is 0 Å². The number of hydrogen-bond donors (Lipinski definition) is 1. The highest BCUT2D eigenvalue weighted by molar-refractivity contribution is 5.11. The first kappa shape index (κ1) is 12.7. The maximum Gasteiger partial charge on any atom is 0.422 e. The molecule has 0 aromatic carbocycles. The highest BCUT2D eigenvalue weighted by atomic mass is 19.4. The molecule has 90 valence electrons. The molecule has 0 radical (unpaired) electrons. The van der Waals surface area contributed by atoms with E-state index in [4.69, 9.17) is 0 Å². The van der Waals surface area contributed by atoms with E-state index in [0.717, 1.165) is 6.54 Å². The van der Waals surface area contributed by atoms with Gasteiger partial charge in [-0.05, 0) is 12.6 Å². The Labute approximate surface area is 90.8 Å². The van der Waals surface area contributed by atoms with Crippen molar-refractivity contribution in [1.29, 1.82) is 0 Å². The molecule has 0 bridgehead atoms. The predicted octanol–water partition coefficient (Wildman–Crippen LogP) is 1.53. The van der Waals surface area contributed by atoms with E-state index in [9.17, 15) is 13.2 Å². The molecule has 1 aromatic heterocycles. The first-order chi connectivity index (χ1) is 7.51. The van der Waals surface area contributed by atoms with Crippen molar-refractivity contribution in [2.75, 3.05) is 13.2 Å². The third kappa shape index (κ3) is 4.92. The van der Waals surface area contributed by atoms with Gasteiger partial charge in [-0.2, -0.15) is 18.3 Å². The number of halogens is 3. The second-order valence-electron chi connectivity index (χ2n) is 3.05. The van der Waals surface area contributed by atoms with Gasteiger partial charge in [-0.3, -0.25) is 0 Å². The van der Waals surface area contributed by atoms with Crippen molar-refractivity contribution in [3.05, 3.63) is 17.8 Å². The van der Waals surface area contributed by atoms with Crippen LogP contribution in [0.15, 0.2) is 12.1 Å². The largest absolute Gasteiger partial charge is 0.467 e. The first-order valence-electron chi connectivity index (χ1n) is 4.74. The molecule has 0 aliphatic rings. The lowest BCUT2D eigenvalue weighted by molar-refractivity contribution is -0.154. The second-order valence-corrected chi connectivity index (χ2v) is 3.05. The van der Waals surface area contributed by atoms with Crippen molar-refractivity contribution in [3.8, 4) is 5.88 Å². The lowest BCUT2D eigenvalue weighted by Crippen LogP contribution is -2.20. The minimum Gasteiger partial charge on any atom is -0.467 e. The number of aromatic nitrogens is 2. The summed E-state index contributed by atoms with van der Waals surface area (Å²) in [4.78, 5) is 0. The van der Waals surface area contributed by atoms with Crippen molar-refractivity contribution < 1.29 is 17.9 Å². The lowest BCUT2D eigenvalue weighted by Gasteiger charge is -2.07. The van der Waals surface area contributed by atoms with Crippen LogP contribution in [0.2, 0.25) is 0 Å². The fraction of sp³-hybridized carbons (Fsp3) is 0.556. The number of hydrogen-bond acceptors (Lipinski definition) is 4. The zero-order chi connectivity index (χ0) is 12.0. The van der Waals surface area contributed by atoms with Gasteiger partial charge in [0.15, 0.2) is 6.61 Å². The third-order valence-corrected chi connectivity index (χ3v) is 1.64. The Morgan fingerprint density at radius 1 is 1.31 bits per heavy atom. The quantitative estimate of drug-likeness (QED) is 0.840. The number of alkyl halides is 3. The van der Waals surface area contributed by atoms with E-state index in [1.54, 1.807) is 6.07 Å². The number of rotatable bonds is 5. The fourth-order valence-electron chi connectivity index (χ4n) is 0.928. The van der Waals surface area contributed by atoms with Gasteiger partial charge in [-0.1, -0.05) is 6.92 Å². The monoisotopic (exact) mass is 235 g/mol. The van der Waals surface area contributed by atoms with Gasteiger partial charge in [0.25, 0.3) is 0 Å². The summed E-state index contributed by atoms with van der Waals surface area (Å²) >= 11 is 0. The van der Waals surface area contributed by atoms with Crippen LogP contribution in [0.5, 0.6) is 5.88 Å². The minimum absolute atomic E-state index is 0.127. The molecular formula is C9H12F3N3O. The SMILES string of the molecule is CCNCc1ccc(OCC(F)(F)F)nn1.